The normalized spacial score (nSPS) is 11.8. The Hall–Kier alpha value is -2.17. The molecule has 18 heavy (non-hydrogen) atoms. The molecule has 0 saturated heterocycles. The summed E-state index contributed by atoms with van der Waals surface area (Å²) in [5.74, 6) is -1.42. The molecule has 0 bridgehead atoms. The summed E-state index contributed by atoms with van der Waals surface area (Å²) in [4.78, 5) is 15.1. The molecule has 0 aromatic heterocycles. The van der Waals surface area contributed by atoms with Crippen molar-refractivity contribution in [1.82, 2.24) is 0 Å². The van der Waals surface area contributed by atoms with Crippen molar-refractivity contribution in [3.05, 3.63) is 41.5 Å². The number of hydrogen-bond donors (Lipinski definition) is 1. The molecule has 5 heteroatoms. The lowest BCUT2D eigenvalue weighted by Gasteiger charge is -1.97. The summed E-state index contributed by atoms with van der Waals surface area (Å²) in [5, 5.41) is 11.7. The molecule has 4 nitrogen and oxygen atoms in total. The number of alkyl halides is 1. The van der Waals surface area contributed by atoms with Gasteiger partial charge < -0.3 is 9.94 Å². The summed E-state index contributed by atoms with van der Waals surface area (Å²) < 4.78 is 12.1. The SMILES string of the molecule is Cc1cccc(C=CCON=C(CF)C(=O)O)c1. The largest absolute Gasteiger partial charge is 0.477 e. The average Bonchev–Trinajstić information content (AvgIpc) is 2.33. The van der Waals surface area contributed by atoms with Crippen molar-refractivity contribution in [2.45, 2.75) is 6.92 Å². The minimum Gasteiger partial charge on any atom is -0.477 e. The predicted molar refractivity (Wildman–Crippen MR) is 67.2 cm³/mol. The molecule has 0 radical (unpaired) electrons. The minimum atomic E-state index is -1.42. The number of nitrogens with zero attached hydrogens (tertiary/aromatic N) is 1. The monoisotopic (exact) mass is 251 g/mol. The fourth-order valence-corrected chi connectivity index (χ4v) is 1.24. The van der Waals surface area contributed by atoms with Crippen LogP contribution < -0.4 is 0 Å². The Morgan fingerprint density at radius 2 is 2.33 bits per heavy atom. The third-order valence-electron chi connectivity index (χ3n) is 2.07. The maximum atomic E-state index is 12.1. The lowest BCUT2D eigenvalue weighted by molar-refractivity contribution is -0.129. The third-order valence-corrected chi connectivity index (χ3v) is 2.07. The predicted octanol–water partition coefficient (Wildman–Crippen LogP) is 2.43. The van der Waals surface area contributed by atoms with Crippen LogP contribution in [0.3, 0.4) is 0 Å². The Balaban J connectivity index is 2.44. The molecular formula is C13H14FNO3. The van der Waals surface area contributed by atoms with E-state index in [-0.39, 0.29) is 6.61 Å². The molecule has 0 aliphatic carbocycles. The van der Waals surface area contributed by atoms with Gasteiger partial charge in [-0.25, -0.2) is 9.18 Å². The van der Waals surface area contributed by atoms with E-state index in [1.807, 2.05) is 37.3 Å². The smallest absolute Gasteiger partial charge is 0.356 e. The number of carboxylic acids is 1. The molecule has 0 spiro atoms. The van der Waals surface area contributed by atoms with Gasteiger partial charge in [0.15, 0.2) is 5.71 Å². The highest BCUT2D eigenvalue weighted by atomic mass is 19.1. The zero-order valence-electron chi connectivity index (χ0n) is 9.97. The van der Waals surface area contributed by atoms with Gasteiger partial charge in [-0.1, -0.05) is 41.1 Å². The molecule has 0 aliphatic heterocycles. The maximum Gasteiger partial charge on any atom is 0.356 e. The van der Waals surface area contributed by atoms with E-state index in [4.69, 9.17) is 5.11 Å². The van der Waals surface area contributed by atoms with Crippen LogP contribution in [0.5, 0.6) is 0 Å². The summed E-state index contributed by atoms with van der Waals surface area (Å²) in [6, 6.07) is 7.83. The van der Waals surface area contributed by atoms with Crippen molar-refractivity contribution < 1.29 is 19.1 Å². The molecule has 0 saturated carbocycles. The number of carboxylic acid groups (broad SMARTS) is 1. The molecule has 1 N–H and O–H groups in total. The number of hydrogen-bond acceptors (Lipinski definition) is 3. The van der Waals surface area contributed by atoms with Gasteiger partial charge in [-0.05, 0) is 18.6 Å². The van der Waals surface area contributed by atoms with Crippen molar-refractivity contribution in [3.63, 3.8) is 0 Å². The van der Waals surface area contributed by atoms with Gasteiger partial charge in [-0.3, -0.25) is 0 Å². The van der Waals surface area contributed by atoms with Crippen molar-refractivity contribution in [1.29, 1.82) is 0 Å². The molecule has 0 heterocycles. The number of carbonyl (C=O) groups is 1. The zero-order chi connectivity index (χ0) is 13.4. The number of oxime groups is 1. The van der Waals surface area contributed by atoms with Gasteiger partial charge in [-0.15, -0.1) is 0 Å². The molecular weight excluding hydrogens is 237 g/mol. The second-order valence-corrected chi connectivity index (χ2v) is 3.59. The Bertz CT molecular complexity index is 469. The van der Waals surface area contributed by atoms with E-state index in [0.29, 0.717) is 0 Å². The Morgan fingerprint density at radius 3 is 2.94 bits per heavy atom. The van der Waals surface area contributed by atoms with Crippen LogP contribution in [0.25, 0.3) is 6.08 Å². The minimum absolute atomic E-state index is 0.0880. The molecule has 0 amide bonds. The number of halogens is 1. The summed E-state index contributed by atoms with van der Waals surface area (Å²) in [7, 11) is 0. The van der Waals surface area contributed by atoms with Crippen LogP contribution in [0.15, 0.2) is 35.5 Å². The standard InChI is InChI=1S/C13H14FNO3/c1-10-4-2-5-11(8-10)6-3-7-18-15-12(9-14)13(16)17/h2-6,8H,7,9H2,1H3,(H,16,17). The van der Waals surface area contributed by atoms with Gasteiger partial charge in [0.1, 0.15) is 13.3 Å². The molecule has 1 aromatic carbocycles. The quantitative estimate of drug-likeness (QED) is 0.480. The first-order valence-electron chi connectivity index (χ1n) is 5.35. The fourth-order valence-electron chi connectivity index (χ4n) is 1.24. The van der Waals surface area contributed by atoms with E-state index in [2.05, 4.69) is 9.99 Å². The van der Waals surface area contributed by atoms with Crippen LogP contribution in [-0.4, -0.2) is 30.1 Å². The third kappa shape index (κ3) is 4.78. The first-order valence-corrected chi connectivity index (χ1v) is 5.35. The van der Waals surface area contributed by atoms with Gasteiger partial charge in [0.2, 0.25) is 0 Å². The van der Waals surface area contributed by atoms with Crippen LogP contribution in [-0.2, 0) is 9.63 Å². The molecule has 1 rings (SSSR count). The van der Waals surface area contributed by atoms with Crippen molar-refractivity contribution in [2.75, 3.05) is 13.3 Å². The highest BCUT2D eigenvalue weighted by Crippen LogP contribution is 2.05. The summed E-state index contributed by atoms with van der Waals surface area (Å²) >= 11 is 0. The zero-order valence-corrected chi connectivity index (χ0v) is 9.97. The van der Waals surface area contributed by atoms with Crippen LogP contribution in [0, 0.1) is 6.92 Å². The fraction of sp³-hybridized carbons (Fsp3) is 0.231. The van der Waals surface area contributed by atoms with E-state index >= 15 is 0 Å². The lowest BCUT2D eigenvalue weighted by Crippen LogP contribution is -2.15. The summed E-state index contributed by atoms with van der Waals surface area (Å²) in [5.41, 5.74) is 1.51. The molecule has 0 aliphatic rings. The Kier molecular flexibility index (Phi) is 5.57. The van der Waals surface area contributed by atoms with Gasteiger partial charge >= 0.3 is 5.97 Å². The van der Waals surface area contributed by atoms with E-state index in [0.717, 1.165) is 11.1 Å². The maximum absolute atomic E-state index is 12.1. The second-order valence-electron chi connectivity index (χ2n) is 3.59. The molecule has 0 fully saturated rings. The van der Waals surface area contributed by atoms with Crippen LogP contribution >= 0.6 is 0 Å². The Morgan fingerprint density at radius 1 is 1.56 bits per heavy atom. The lowest BCUT2D eigenvalue weighted by atomic mass is 10.1. The van der Waals surface area contributed by atoms with Crippen LogP contribution in [0.1, 0.15) is 11.1 Å². The molecule has 1 aromatic rings. The number of aliphatic carboxylic acids is 1. The van der Waals surface area contributed by atoms with E-state index in [1.165, 1.54) is 0 Å². The van der Waals surface area contributed by atoms with Gasteiger partial charge in [0.05, 0.1) is 0 Å². The Labute approximate surface area is 104 Å². The molecule has 0 unspecified atom stereocenters. The van der Waals surface area contributed by atoms with Gasteiger partial charge in [0, 0.05) is 0 Å². The average molecular weight is 251 g/mol. The topological polar surface area (TPSA) is 58.9 Å². The van der Waals surface area contributed by atoms with Crippen LogP contribution in [0.4, 0.5) is 4.39 Å². The number of aryl methyl sites for hydroxylation is 1. The highest BCUT2D eigenvalue weighted by molar-refractivity contribution is 6.36. The first kappa shape index (κ1) is 13.9. The van der Waals surface area contributed by atoms with E-state index in [9.17, 15) is 9.18 Å². The second kappa shape index (κ2) is 7.21. The number of rotatable bonds is 6. The summed E-state index contributed by atoms with van der Waals surface area (Å²) in [6.07, 6.45) is 3.49. The summed E-state index contributed by atoms with van der Waals surface area (Å²) in [6.45, 7) is 0.917. The van der Waals surface area contributed by atoms with Crippen molar-refractivity contribution in [3.8, 4) is 0 Å². The molecule has 0 atom stereocenters. The van der Waals surface area contributed by atoms with Gasteiger partial charge in [-0.2, -0.15) is 0 Å². The highest BCUT2D eigenvalue weighted by Gasteiger charge is 2.08. The van der Waals surface area contributed by atoms with Gasteiger partial charge in [0.25, 0.3) is 0 Å². The molecule has 96 valence electrons. The number of benzene rings is 1. The van der Waals surface area contributed by atoms with Crippen LogP contribution in [0.2, 0.25) is 0 Å². The van der Waals surface area contributed by atoms with E-state index in [1.54, 1.807) is 6.08 Å². The van der Waals surface area contributed by atoms with Crippen molar-refractivity contribution in [2.24, 2.45) is 5.16 Å². The van der Waals surface area contributed by atoms with Crippen molar-refractivity contribution >= 4 is 17.8 Å². The first-order chi connectivity index (χ1) is 8.63. The van der Waals surface area contributed by atoms with E-state index < -0.39 is 18.4 Å².